The summed E-state index contributed by atoms with van der Waals surface area (Å²) >= 11 is 0. The van der Waals surface area contributed by atoms with Crippen molar-refractivity contribution in [3.8, 4) is 5.75 Å². The van der Waals surface area contributed by atoms with Gasteiger partial charge in [-0.3, -0.25) is 0 Å². The Morgan fingerprint density at radius 3 is 2.47 bits per heavy atom. The quantitative estimate of drug-likeness (QED) is 0.733. The smallest absolute Gasteiger partial charge is 0.123 e. The van der Waals surface area contributed by atoms with Gasteiger partial charge in [0.2, 0.25) is 0 Å². The molecule has 19 heavy (non-hydrogen) atoms. The molecule has 1 aromatic carbocycles. The average Bonchev–Trinajstić information content (AvgIpc) is 2.37. The maximum Gasteiger partial charge on any atom is 0.123 e. The molecule has 0 radical (unpaired) electrons. The number of rotatable bonds is 8. The van der Waals surface area contributed by atoms with E-state index in [-0.39, 0.29) is 5.41 Å². The van der Waals surface area contributed by atoms with E-state index in [1.54, 1.807) is 7.11 Å². The van der Waals surface area contributed by atoms with Gasteiger partial charge in [0.1, 0.15) is 12.4 Å². The topological polar surface area (TPSA) is 30.5 Å². The van der Waals surface area contributed by atoms with Gasteiger partial charge in [-0.05, 0) is 30.0 Å². The normalized spacial score (nSPS) is 11.6. The molecule has 0 saturated carbocycles. The van der Waals surface area contributed by atoms with E-state index in [2.05, 4.69) is 38.2 Å². The van der Waals surface area contributed by atoms with Crippen LogP contribution < -0.4 is 10.1 Å². The molecule has 3 nitrogen and oxygen atoms in total. The van der Waals surface area contributed by atoms with Gasteiger partial charge < -0.3 is 14.8 Å². The molecule has 3 heteroatoms. The van der Waals surface area contributed by atoms with E-state index in [4.69, 9.17) is 9.47 Å². The van der Waals surface area contributed by atoms with Crippen LogP contribution in [0.4, 0.5) is 0 Å². The lowest BCUT2D eigenvalue weighted by Crippen LogP contribution is -2.23. The molecule has 0 heterocycles. The van der Waals surface area contributed by atoms with Crippen LogP contribution in [0.2, 0.25) is 0 Å². The number of methoxy groups -OCH3 is 1. The van der Waals surface area contributed by atoms with Crippen LogP contribution in [0, 0.1) is 0 Å². The van der Waals surface area contributed by atoms with Crippen molar-refractivity contribution in [2.24, 2.45) is 0 Å². The zero-order valence-corrected chi connectivity index (χ0v) is 12.7. The van der Waals surface area contributed by atoms with E-state index in [0.717, 1.165) is 31.9 Å². The standard InChI is InChI=1S/C16H27NO2/c1-16(2,3)14-8-5-6-9-15(14)19-13-11-17-10-7-12-18-4/h5-6,8-9,17H,7,10-13H2,1-4H3. The minimum Gasteiger partial charge on any atom is -0.492 e. The van der Waals surface area contributed by atoms with Crippen molar-refractivity contribution in [2.45, 2.75) is 32.6 Å². The second-order valence-electron chi connectivity index (χ2n) is 5.69. The Morgan fingerprint density at radius 1 is 1.05 bits per heavy atom. The average molecular weight is 265 g/mol. The summed E-state index contributed by atoms with van der Waals surface area (Å²) in [5, 5.41) is 3.34. The van der Waals surface area contributed by atoms with Gasteiger partial charge in [-0.25, -0.2) is 0 Å². The van der Waals surface area contributed by atoms with Gasteiger partial charge in [-0.1, -0.05) is 39.0 Å². The summed E-state index contributed by atoms with van der Waals surface area (Å²) in [6.07, 6.45) is 1.04. The number of benzene rings is 1. The SMILES string of the molecule is COCCCNCCOc1ccccc1C(C)(C)C. The second kappa shape index (κ2) is 8.18. The summed E-state index contributed by atoms with van der Waals surface area (Å²) in [6, 6.07) is 8.28. The van der Waals surface area contributed by atoms with Crippen LogP contribution in [0.3, 0.4) is 0 Å². The summed E-state index contributed by atoms with van der Waals surface area (Å²) in [7, 11) is 1.73. The number of ether oxygens (including phenoxy) is 2. The van der Waals surface area contributed by atoms with E-state index in [0.29, 0.717) is 6.61 Å². The Balaban J connectivity index is 2.33. The lowest BCUT2D eigenvalue weighted by Gasteiger charge is -2.22. The first-order valence-corrected chi connectivity index (χ1v) is 6.97. The van der Waals surface area contributed by atoms with Gasteiger partial charge in [0.25, 0.3) is 0 Å². The highest BCUT2D eigenvalue weighted by atomic mass is 16.5. The molecule has 0 unspecified atom stereocenters. The third-order valence-electron chi connectivity index (χ3n) is 2.93. The number of hydrogen-bond acceptors (Lipinski definition) is 3. The second-order valence-corrected chi connectivity index (χ2v) is 5.69. The Hall–Kier alpha value is -1.06. The van der Waals surface area contributed by atoms with Gasteiger partial charge in [0, 0.05) is 20.3 Å². The molecule has 0 atom stereocenters. The lowest BCUT2D eigenvalue weighted by atomic mass is 9.86. The van der Waals surface area contributed by atoms with Crippen LogP contribution in [0.25, 0.3) is 0 Å². The van der Waals surface area contributed by atoms with Crippen molar-refractivity contribution in [3.05, 3.63) is 29.8 Å². The minimum atomic E-state index is 0.114. The molecule has 1 aromatic rings. The molecule has 1 N–H and O–H groups in total. The molecule has 1 rings (SSSR count). The summed E-state index contributed by atoms with van der Waals surface area (Å²) in [5.74, 6) is 0.994. The highest BCUT2D eigenvalue weighted by Crippen LogP contribution is 2.30. The monoisotopic (exact) mass is 265 g/mol. The Morgan fingerprint density at radius 2 is 1.79 bits per heavy atom. The fourth-order valence-electron chi connectivity index (χ4n) is 1.91. The molecule has 0 aliphatic heterocycles. The number of hydrogen-bond donors (Lipinski definition) is 1. The first-order chi connectivity index (χ1) is 9.05. The summed E-state index contributed by atoms with van der Waals surface area (Å²) in [4.78, 5) is 0. The molecule has 0 amide bonds. The van der Waals surface area contributed by atoms with Gasteiger partial charge >= 0.3 is 0 Å². The molecule has 0 saturated heterocycles. The zero-order valence-electron chi connectivity index (χ0n) is 12.7. The molecular formula is C16H27NO2. The predicted molar refractivity (Wildman–Crippen MR) is 80.0 cm³/mol. The van der Waals surface area contributed by atoms with Crippen molar-refractivity contribution in [1.82, 2.24) is 5.32 Å². The molecule has 0 bridgehead atoms. The first-order valence-electron chi connectivity index (χ1n) is 6.97. The first kappa shape index (κ1) is 16.0. The molecule has 0 aromatic heterocycles. The van der Waals surface area contributed by atoms with E-state index in [9.17, 15) is 0 Å². The van der Waals surface area contributed by atoms with Crippen LogP contribution in [0.1, 0.15) is 32.8 Å². The summed E-state index contributed by atoms with van der Waals surface area (Å²) in [5.41, 5.74) is 1.37. The van der Waals surface area contributed by atoms with E-state index >= 15 is 0 Å². The highest BCUT2D eigenvalue weighted by Gasteiger charge is 2.17. The van der Waals surface area contributed by atoms with Gasteiger partial charge in [0.05, 0.1) is 0 Å². The maximum atomic E-state index is 5.88. The third kappa shape index (κ3) is 6.08. The van der Waals surface area contributed by atoms with Crippen molar-refractivity contribution in [3.63, 3.8) is 0 Å². The van der Waals surface area contributed by atoms with Crippen LogP contribution in [-0.4, -0.2) is 33.4 Å². The van der Waals surface area contributed by atoms with Gasteiger partial charge in [-0.15, -0.1) is 0 Å². The molecule has 0 spiro atoms. The molecule has 0 aliphatic rings. The van der Waals surface area contributed by atoms with Crippen LogP contribution in [0.5, 0.6) is 5.75 Å². The van der Waals surface area contributed by atoms with Crippen molar-refractivity contribution in [2.75, 3.05) is 33.4 Å². The van der Waals surface area contributed by atoms with E-state index in [1.165, 1.54) is 5.56 Å². The molecule has 108 valence electrons. The Labute approximate surface area is 117 Å². The summed E-state index contributed by atoms with van der Waals surface area (Å²) in [6.45, 7) is 9.95. The van der Waals surface area contributed by atoms with Crippen LogP contribution in [-0.2, 0) is 10.2 Å². The largest absolute Gasteiger partial charge is 0.492 e. The van der Waals surface area contributed by atoms with Crippen molar-refractivity contribution in [1.29, 1.82) is 0 Å². The fourth-order valence-corrected chi connectivity index (χ4v) is 1.91. The van der Waals surface area contributed by atoms with Crippen LogP contribution in [0.15, 0.2) is 24.3 Å². The third-order valence-corrected chi connectivity index (χ3v) is 2.93. The minimum absolute atomic E-state index is 0.114. The molecular weight excluding hydrogens is 238 g/mol. The van der Waals surface area contributed by atoms with Crippen LogP contribution >= 0.6 is 0 Å². The summed E-state index contributed by atoms with van der Waals surface area (Å²) < 4.78 is 10.9. The number of para-hydroxylation sites is 1. The van der Waals surface area contributed by atoms with E-state index < -0.39 is 0 Å². The fraction of sp³-hybridized carbons (Fsp3) is 0.625. The number of nitrogens with one attached hydrogen (secondary N) is 1. The maximum absolute atomic E-state index is 5.88. The van der Waals surface area contributed by atoms with Crippen molar-refractivity contribution >= 4 is 0 Å². The molecule has 0 fully saturated rings. The lowest BCUT2D eigenvalue weighted by molar-refractivity contribution is 0.193. The Bertz CT molecular complexity index is 358. The van der Waals surface area contributed by atoms with Gasteiger partial charge in [0.15, 0.2) is 0 Å². The molecule has 0 aliphatic carbocycles. The van der Waals surface area contributed by atoms with Gasteiger partial charge in [-0.2, -0.15) is 0 Å². The van der Waals surface area contributed by atoms with Crippen molar-refractivity contribution < 1.29 is 9.47 Å². The highest BCUT2D eigenvalue weighted by molar-refractivity contribution is 5.38. The predicted octanol–water partition coefficient (Wildman–Crippen LogP) is 2.99. The zero-order chi connectivity index (χ0) is 14.1. The Kier molecular flexibility index (Phi) is 6.89. The van der Waals surface area contributed by atoms with E-state index in [1.807, 2.05) is 12.1 Å².